The van der Waals surface area contributed by atoms with E-state index in [2.05, 4.69) is 30.7 Å². The smallest absolute Gasteiger partial charge is 0.407 e. The lowest BCUT2D eigenvalue weighted by Crippen LogP contribution is -2.48. The molecule has 0 bridgehead atoms. The molecule has 1 aliphatic heterocycles. The lowest BCUT2D eigenvalue weighted by atomic mass is 10.1. The molecular formula is C19H29N5O8. The van der Waals surface area contributed by atoms with Gasteiger partial charge in [0.05, 0.1) is 14.2 Å². The van der Waals surface area contributed by atoms with Gasteiger partial charge >= 0.3 is 12.2 Å². The maximum absolute atomic E-state index is 12.4. The summed E-state index contributed by atoms with van der Waals surface area (Å²) in [6.07, 6.45) is 2.33. The highest BCUT2D eigenvalue weighted by molar-refractivity contribution is 6.13. The Morgan fingerprint density at radius 2 is 1.50 bits per heavy atom. The number of hydrogen-bond acceptors (Lipinski definition) is 8. The fourth-order valence-corrected chi connectivity index (χ4v) is 2.67. The van der Waals surface area contributed by atoms with Gasteiger partial charge in [-0.15, -0.1) is 0 Å². The van der Waals surface area contributed by atoms with Crippen molar-refractivity contribution < 1.29 is 38.2 Å². The van der Waals surface area contributed by atoms with E-state index < -0.39 is 35.9 Å². The van der Waals surface area contributed by atoms with E-state index in [4.69, 9.17) is 0 Å². The summed E-state index contributed by atoms with van der Waals surface area (Å²) in [5, 5.41) is 10.1. The number of hydrogen-bond donors (Lipinski definition) is 4. The number of methoxy groups -OCH3 is 2. The number of imide groups is 1. The molecule has 178 valence electrons. The van der Waals surface area contributed by atoms with Crippen molar-refractivity contribution in [3.8, 4) is 0 Å². The van der Waals surface area contributed by atoms with E-state index in [1.165, 1.54) is 14.2 Å². The van der Waals surface area contributed by atoms with E-state index in [0.29, 0.717) is 25.8 Å². The van der Waals surface area contributed by atoms with Crippen LogP contribution in [0.2, 0.25) is 0 Å². The summed E-state index contributed by atoms with van der Waals surface area (Å²) in [6, 6.07) is -0.851. The average molecular weight is 455 g/mol. The Labute approximate surface area is 185 Å². The quantitative estimate of drug-likeness (QED) is 0.198. The zero-order valence-corrected chi connectivity index (χ0v) is 18.1. The van der Waals surface area contributed by atoms with Crippen LogP contribution in [0.15, 0.2) is 12.2 Å². The van der Waals surface area contributed by atoms with Gasteiger partial charge in [-0.2, -0.15) is 0 Å². The molecule has 0 aromatic carbocycles. The highest BCUT2D eigenvalue weighted by Crippen LogP contribution is 2.04. The minimum atomic E-state index is -0.851. The first-order valence-electron chi connectivity index (χ1n) is 10.0. The van der Waals surface area contributed by atoms with E-state index in [0.717, 1.165) is 17.1 Å². The molecule has 0 aromatic rings. The molecule has 13 nitrogen and oxygen atoms in total. The molecule has 0 aromatic heterocycles. The van der Waals surface area contributed by atoms with E-state index in [9.17, 15) is 28.8 Å². The van der Waals surface area contributed by atoms with Crippen molar-refractivity contribution >= 4 is 35.8 Å². The van der Waals surface area contributed by atoms with Crippen molar-refractivity contribution in [1.82, 2.24) is 26.2 Å². The molecule has 1 aliphatic rings. The molecule has 4 N–H and O–H groups in total. The van der Waals surface area contributed by atoms with Crippen molar-refractivity contribution in [3.63, 3.8) is 0 Å². The molecule has 0 spiro atoms. The molecule has 1 unspecified atom stereocenters. The van der Waals surface area contributed by atoms with E-state index in [-0.39, 0.29) is 32.0 Å². The Morgan fingerprint density at radius 3 is 2.12 bits per heavy atom. The largest absolute Gasteiger partial charge is 0.453 e. The maximum atomic E-state index is 12.4. The second-order valence-electron chi connectivity index (χ2n) is 6.66. The van der Waals surface area contributed by atoms with Crippen LogP contribution in [0, 0.1) is 0 Å². The van der Waals surface area contributed by atoms with Crippen LogP contribution in [0.5, 0.6) is 0 Å². The molecule has 1 atom stereocenters. The number of nitrogens with one attached hydrogen (secondary N) is 4. The zero-order chi connectivity index (χ0) is 23.9. The van der Waals surface area contributed by atoms with Crippen LogP contribution in [0.1, 0.15) is 25.7 Å². The zero-order valence-electron chi connectivity index (χ0n) is 18.1. The number of carbonyl (C=O) groups is 6. The lowest BCUT2D eigenvalue weighted by molar-refractivity contribution is -0.137. The average Bonchev–Trinajstić information content (AvgIpc) is 3.10. The van der Waals surface area contributed by atoms with Crippen molar-refractivity contribution in [2.75, 3.05) is 40.4 Å². The number of rotatable bonds is 13. The Hall–Kier alpha value is -3.64. The van der Waals surface area contributed by atoms with Crippen molar-refractivity contribution in [2.24, 2.45) is 0 Å². The van der Waals surface area contributed by atoms with Gasteiger partial charge in [0.1, 0.15) is 6.04 Å². The van der Waals surface area contributed by atoms with Gasteiger partial charge in [0, 0.05) is 44.8 Å². The molecule has 1 heterocycles. The van der Waals surface area contributed by atoms with Crippen molar-refractivity contribution in [1.29, 1.82) is 0 Å². The summed E-state index contributed by atoms with van der Waals surface area (Å²) in [7, 11) is 2.44. The van der Waals surface area contributed by atoms with Gasteiger partial charge in [0.25, 0.3) is 11.8 Å². The SMILES string of the molecule is COC(=O)NCCCCC(NC(=O)OC)C(=O)NCCNC(=O)CCN1C(=O)C=CC1=O. The third-order valence-corrected chi connectivity index (χ3v) is 4.38. The van der Waals surface area contributed by atoms with Gasteiger partial charge in [-0.1, -0.05) is 0 Å². The van der Waals surface area contributed by atoms with Crippen LogP contribution in [0.4, 0.5) is 9.59 Å². The molecule has 0 radical (unpaired) electrons. The fourth-order valence-electron chi connectivity index (χ4n) is 2.67. The predicted octanol–water partition coefficient (Wildman–Crippen LogP) is -1.22. The standard InChI is InChI=1S/C19H29N5O8/c1-31-18(29)22-9-4-3-5-13(23-19(30)32-2)17(28)21-11-10-20-14(25)8-12-24-15(26)6-7-16(24)27/h6-7,13H,3-5,8-12H2,1-2H3,(H,20,25)(H,21,28)(H,22,29)(H,23,30). The molecule has 1 rings (SSSR count). The lowest BCUT2D eigenvalue weighted by Gasteiger charge is -2.18. The number of alkyl carbamates (subject to hydrolysis) is 2. The van der Waals surface area contributed by atoms with E-state index >= 15 is 0 Å². The normalized spacial score (nSPS) is 13.4. The third kappa shape index (κ3) is 9.91. The van der Waals surface area contributed by atoms with Gasteiger partial charge in [0.2, 0.25) is 11.8 Å². The first-order chi connectivity index (χ1) is 15.3. The monoisotopic (exact) mass is 455 g/mol. The van der Waals surface area contributed by atoms with E-state index in [1.54, 1.807) is 0 Å². The summed E-state index contributed by atoms with van der Waals surface area (Å²) < 4.78 is 8.98. The van der Waals surface area contributed by atoms with Gasteiger partial charge in [-0.3, -0.25) is 24.1 Å². The fraction of sp³-hybridized carbons (Fsp3) is 0.579. The molecule has 0 saturated carbocycles. The van der Waals surface area contributed by atoms with Crippen LogP contribution in [0.3, 0.4) is 0 Å². The minimum Gasteiger partial charge on any atom is -0.453 e. The number of ether oxygens (including phenoxy) is 2. The van der Waals surface area contributed by atoms with Crippen molar-refractivity contribution in [3.05, 3.63) is 12.2 Å². The van der Waals surface area contributed by atoms with Gasteiger partial charge in [-0.25, -0.2) is 9.59 Å². The molecule has 0 saturated heterocycles. The topological polar surface area (TPSA) is 172 Å². The third-order valence-electron chi connectivity index (χ3n) is 4.38. The van der Waals surface area contributed by atoms with Crippen LogP contribution in [-0.4, -0.2) is 87.2 Å². The Morgan fingerprint density at radius 1 is 0.875 bits per heavy atom. The maximum Gasteiger partial charge on any atom is 0.407 e. The number of nitrogens with zero attached hydrogens (tertiary/aromatic N) is 1. The second-order valence-corrected chi connectivity index (χ2v) is 6.66. The van der Waals surface area contributed by atoms with Gasteiger partial charge in [-0.05, 0) is 19.3 Å². The predicted molar refractivity (Wildman–Crippen MR) is 110 cm³/mol. The Bertz CT molecular complexity index is 721. The molecule has 6 amide bonds. The molecular weight excluding hydrogens is 426 g/mol. The Kier molecular flexibility index (Phi) is 11.9. The van der Waals surface area contributed by atoms with E-state index in [1.807, 2.05) is 0 Å². The first kappa shape index (κ1) is 26.4. The highest BCUT2D eigenvalue weighted by atomic mass is 16.5. The molecule has 0 aliphatic carbocycles. The van der Waals surface area contributed by atoms with Crippen LogP contribution in [-0.2, 0) is 28.7 Å². The van der Waals surface area contributed by atoms with Gasteiger partial charge in [0.15, 0.2) is 0 Å². The summed E-state index contributed by atoms with van der Waals surface area (Å²) in [5.41, 5.74) is 0. The number of amides is 6. The highest BCUT2D eigenvalue weighted by Gasteiger charge is 2.23. The minimum absolute atomic E-state index is 0.0290. The summed E-state index contributed by atoms with van der Waals surface area (Å²) >= 11 is 0. The molecule has 0 fully saturated rings. The molecule has 32 heavy (non-hydrogen) atoms. The van der Waals surface area contributed by atoms with Gasteiger partial charge < -0.3 is 30.7 Å². The van der Waals surface area contributed by atoms with Crippen LogP contribution < -0.4 is 21.3 Å². The second kappa shape index (κ2) is 14.4. The molecule has 13 heteroatoms. The summed E-state index contributed by atoms with van der Waals surface area (Å²) in [6.45, 7) is 0.560. The first-order valence-corrected chi connectivity index (χ1v) is 10.0. The summed E-state index contributed by atoms with van der Waals surface area (Å²) in [5.74, 6) is -1.75. The van der Waals surface area contributed by atoms with Crippen molar-refractivity contribution in [2.45, 2.75) is 31.7 Å². The Balaban J connectivity index is 2.30. The van der Waals surface area contributed by atoms with Crippen LogP contribution >= 0.6 is 0 Å². The number of carbonyl (C=O) groups excluding carboxylic acids is 6. The number of unbranched alkanes of at least 4 members (excludes halogenated alkanes) is 1. The summed E-state index contributed by atoms with van der Waals surface area (Å²) in [4.78, 5) is 70.5. The van der Waals surface area contributed by atoms with Crippen LogP contribution in [0.25, 0.3) is 0 Å².